The molecule has 0 spiro atoms. The van der Waals surface area contributed by atoms with Gasteiger partial charge in [0.1, 0.15) is 0 Å². The van der Waals surface area contributed by atoms with E-state index in [1.165, 1.54) is 30.4 Å². The Hall–Kier alpha value is -0.820. The molecule has 1 aliphatic rings. The summed E-state index contributed by atoms with van der Waals surface area (Å²) < 4.78 is 6.24. The highest BCUT2D eigenvalue weighted by Crippen LogP contribution is 2.35. The number of benzene rings is 1. The van der Waals surface area contributed by atoms with Gasteiger partial charge in [0.2, 0.25) is 0 Å². The van der Waals surface area contributed by atoms with Gasteiger partial charge in [-0.05, 0) is 55.1 Å². The second-order valence-corrected chi connectivity index (χ2v) is 6.57. The minimum absolute atomic E-state index is 0.445. The molecular weight excluding hydrogens is 232 g/mol. The number of ether oxygens (including phenoxy) is 1. The first-order chi connectivity index (χ1) is 9.08. The molecule has 0 aliphatic heterocycles. The molecule has 106 valence electrons. The fraction of sp³-hybridized carbons (Fsp3) is 0.667. The number of hydrogen-bond acceptors (Lipinski definition) is 1. The first-order valence-corrected chi connectivity index (χ1v) is 7.74. The van der Waals surface area contributed by atoms with Gasteiger partial charge in [-0.15, -0.1) is 0 Å². The third-order valence-corrected chi connectivity index (χ3v) is 4.82. The van der Waals surface area contributed by atoms with E-state index in [1.54, 1.807) is 0 Å². The van der Waals surface area contributed by atoms with Gasteiger partial charge >= 0.3 is 0 Å². The van der Waals surface area contributed by atoms with Gasteiger partial charge in [-0.2, -0.15) is 0 Å². The first kappa shape index (κ1) is 14.6. The monoisotopic (exact) mass is 260 g/mol. The molecule has 0 amide bonds. The van der Waals surface area contributed by atoms with Crippen LogP contribution in [0.1, 0.15) is 51.2 Å². The molecule has 19 heavy (non-hydrogen) atoms. The van der Waals surface area contributed by atoms with Crippen LogP contribution < -0.4 is 0 Å². The quantitative estimate of drug-likeness (QED) is 0.742. The second-order valence-electron chi connectivity index (χ2n) is 6.57. The summed E-state index contributed by atoms with van der Waals surface area (Å²) in [4.78, 5) is 0. The van der Waals surface area contributed by atoms with E-state index in [4.69, 9.17) is 4.74 Å². The van der Waals surface area contributed by atoms with Crippen molar-refractivity contribution in [2.24, 2.45) is 17.8 Å². The van der Waals surface area contributed by atoms with E-state index in [0.717, 1.165) is 18.4 Å². The van der Waals surface area contributed by atoms with Crippen LogP contribution in [0.15, 0.2) is 24.3 Å². The van der Waals surface area contributed by atoms with E-state index >= 15 is 0 Å². The highest BCUT2D eigenvalue weighted by atomic mass is 16.5. The van der Waals surface area contributed by atoms with Gasteiger partial charge in [-0.25, -0.2) is 0 Å². The summed E-state index contributed by atoms with van der Waals surface area (Å²) in [5.41, 5.74) is 2.67. The van der Waals surface area contributed by atoms with E-state index in [0.29, 0.717) is 12.0 Å². The van der Waals surface area contributed by atoms with E-state index in [-0.39, 0.29) is 0 Å². The lowest BCUT2D eigenvalue weighted by atomic mass is 9.76. The third-order valence-electron chi connectivity index (χ3n) is 4.82. The van der Waals surface area contributed by atoms with E-state index in [2.05, 4.69) is 52.0 Å². The first-order valence-electron chi connectivity index (χ1n) is 7.74. The second kappa shape index (κ2) is 6.56. The summed E-state index contributed by atoms with van der Waals surface area (Å²) in [6, 6.07) is 8.55. The lowest BCUT2D eigenvalue weighted by Gasteiger charge is -2.36. The van der Waals surface area contributed by atoms with Crippen LogP contribution in [-0.4, -0.2) is 6.10 Å². The molecule has 0 bridgehead atoms. The van der Waals surface area contributed by atoms with Crippen molar-refractivity contribution in [1.29, 1.82) is 0 Å². The molecule has 3 unspecified atom stereocenters. The highest BCUT2D eigenvalue weighted by molar-refractivity contribution is 5.24. The molecule has 1 saturated carbocycles. The van der Waals surface area contributed by atoms with Crippen molar-refractivity contribution < 1.29 is 4.74 Å². The standard InChI is InChI=1S/C18H28O/c1-13(2)16-10-9-15(4)18(11-16)19-12-17-8-6-5-7-14(17)3/h5-8,13,15-16,18H,9-12H2,1-4H3. The molecule has 1 nitrogen and oxygen atoms in total. The summed E-state index contributed by atoms with van der Waals surface area (Å²) in [5, 5.41) is 0. The zero-order valence-corrected chi connectivity index (χ0v) is 12.9. The fourth-order valence-electron chi connectivity index (χ4n) is 3.12. The normalized spacial score (nSPS) is 27.7. The maximum atomic E-state index is 6.24. The number of hydrogen-bond donors (Lipinski definition) is 0. The maximum Gasteiger partial charge on any atom is 0.0723 e. The Kier molecular flexibility index (Phi) is 5.04. The molecule has 0 radical (unpaired) electrons. The molecular formula is C18H28O. The molecule has 0 aromatic heterocycles. The van der Waals surface area contributed by atoms with Gasteiger partial charge in [-0.3, -0.25) is 0 Å². The highest BCUT2D eigenvalue weighted by Gasteiger charge is 2.29. The van der Waals surface area contributed by atoms with Crippen molar-refractivity contribution in [3.05, 3.63) is 35.4 Å². The van der Waals surface area contributed by atoms with Crippen molar-refractivity contribution in [1.82, 2.24) is 0 Å². The van der Waals surface area contributed by atoms with Crippen LogP contribution in [0.5, 0.6) is 0 Å². The smallest absolute Gasteiger partial charge is 0.0723 e. The summed E-state index contributed by atoms with van der Waals surface area (Å²) in [5.74, 6) is 2.34. The summed E-state index contributed by atoms with van der Waals surface area (Å²) in [6.45, 7) is 9.98. The van der Waals surface area contributed by atoms with Crippen molar-refractivity contribution in [3.8, 4) is 0 Å². The Morgan fingerprint density at radius 1 is 1.21 bits per heavy atom. The Balaban J connectivity index is 1.92. The molecule has 3 atom stereocenters. The van der Waals surface area contributed by atoms with Crippen molar-refractivity contribution in [2.45, 2.75) is 59.7 Å². The van der Waals surface area contributed by atoms with Crippen LogP contribution >= 0.6 is 0 Å². The van der Waals surface area contributed by atoms with Crippen LogP contribution in [0, 0.1) is 24.7 Å². The van der Waals surface area contributed by atoms with Gasteiger partial charge in [-0.1, -0.05) is 45.0 Å². The summed E-state index contributed by atoms with van der Waals surface area (Å²) in [7, 11) is 0. The van der Waals surface area contributed by atoms with Crippen LogP contribution in [-0.2, 0) is 11.3 Å². The van der Waals surface area contributed by atoms with Crippen LogP contribution in [0.3, 0.4) is 0 Å². The maximum absolute atomic E-state index is 6.24. The van der Waals surface area contributed by atoms with Gasteiger partial charge in [0, 0.05) is 0 Å². The average molecular weight is 260 g/mol. The Labute approximate surface area is 118 Å². The fourth-order valence-corrected chi connectivity index (χ4v) is 3.12. The van der Waals surface area contributed by atoms with Gasteiger partial charge in [0.05, 0.1) is 12.7 Å². The number of rotatable bonds is 4. The third kappa shape index (κ3) is 3.82. The average Bonchev–Trinajstić information content (AvgIpc) is 2.39. The Morgan fingerprint density at radius 3 is 2.63 bits per heavy atom. The molecule has 1 aromatic carbocycles. The van der Waals surface area contributed by atoms with E-state index in [1.807, 2.05) is 0 Å². The molecule has 1 heteroatoms. The van der Waals surface area contributed by atoms with Crippen molar-refractivity contribution in [2.75, 3.05) is 0 Å². The predicted octanol–water partition coefficient (Wildman–Crippen LogP) is 4.97. The molecule has 1 aliphatic carbocycles. The molecule has 0 saturated heterocycles. The van der Waals surface area contributed by atoms with Crippen LogP contribution in [0.4, 0.5) is 0 Å². The molecule has 1 aromatic rings. The van der Waals surface area contributed by atoms with Crippen molar-refractivity contribution >= 4 is 0 Å². The van der Waals surface area contributed by atoms with Crippen molar-refractivity contribution in [3.63, 3.8) is 0 Å². The molecule has 2 rings (SSSR count). The summed E-state index contributed by atoms with van der Waals surface area (Å²) in [6.07, 6.45) is 4.38. The zero-order chi connectivity index (χ0) is 13.8. The van der Waals surface area contributed by atoms with Gasteiger partial charge in [0.15, 0.2) is 0 Å². The number of aryl methyl sites for hydroxylation is 1. The Bertz CT molecular complexity index is 396. The lowest BCUT2D eigenvalue weighted by Crippen LogP contribution is -2.32. The topological polar surface area (TPSA) is 9.23 Å². The molecule has 0 heterocycles. The van der Waals surface area contributed by atoms with Crippen LogP contribution in [0.2, 0.25) is 0 Å². The molecule has 1 fully saturated rings. The SMILES string of the molecule is Cc1ccccc1COC1CC(C(C)C)CCC1C. The largest absolute Gasteiger partial charge is 0.373 e. The minimum Gasteiger partial charge on any atom is -0.373 e. The lowest BCUT2D eigenvalue weighted by molar-refractivity contribution is -0.0364. The van der Waals surface area contributed by atoms with E-state index < -0.39 is 0 Å². The molecule has 0 N–H and O–H groups in total. The summed E-state index contributed by atoms with van der Waals surface area (Å²) >= 11 is 0. The van der Waals surface area contributed by atoms with E-state index in [9.17, 15) is 0 Å². The zero-order valence-electron chi connectivity index (χ0n) is 12.9. The Morgan fingerprint density at radius 2 is 1.95 bits per heavy atom. The van der Waals surface area contributed by atoms with Gasteiger partial charge < -0.3 is 4.74 Å². The minimum atomic E-state index is 0.445. The predicted molar refractivity (Wildman–Crippen MR) is 81.1 cm³/mol. The van der Waals surface area contributed by atoms with Gasteiger partial charge in [0.25, 0.3) is 0 Å². The van der Waals surface area contributed by atoms with Crippen LogP contribution in [0.25, 0.3) is 0 Å².